The summed E-state index contributed by atoms with van der Waals surface area (Å²) >= 11 is 0. The summed E-state index contributed by atoms with van der Waals surface area (Å²) in [6.07, 6.45) is -5.01. The Morgan fingerprint density at radius 1 is 1.17 bits per heavy atom. The molecule has 0 aliphatic carbocycles. The van der Waals surface area contributed by atoms with Crippen molar-refractivity contribution in [3.63, 3.8) is 0 Å². The Bertz CT molecular complexity index is 732. The summed E-state index contributed by atoms with van der Waals surface area (Å²) in [4.78, 5) is 17.1. The molecule has 0 unspecified atom stereocenters. The van der Waals surface area contributed by atoms with Crippen LogP contribution in [-0.2, 0) is 4.74 Å². The van der Waals surface area contributed by atoms with Crippen LogP contribution in [0, 0.1) is 6.92 Å². The number of hydrogen-bond acceptors (Lipinski definition) is 5. The van der Waals surface area contributed by atoms with Crippen LogP contribution in [0.3, 0.4) is 0 Å². The first kappa shape index (κ1) is 16.5. The number of alkyl halides is 3. The summed E-state index contributed by atoms with van der Waals surface area (Å²) in [5, 5.41) is 0. The fourth-order valence-electron chi connectivity index (χ4n) is 2.39. The third-order valence-electron chi connectivity index (χ3n) is 3.68. The van der Waals surface area contributed by atoms with Crippen molar-refractivity contribution in [2.75, 3.05) is 31.2 Å². The third kappa shape index (κ3) is 3.28. The number of oxazole rings is 1. The van der Waals surface area contributed by atoms with Crippen LogP contribution in [0.4, 0.5) is 19.1 Å². The average Bonchev–Trinajstić information content (AvgIpc) is 3.00. The number of ketones is 1. The van der Waals surface area contributed by atoms with E-state index in [2.05, 4.69) is 4.98 Å². The first-order valence-electron chi connectivity index (χ1n) is 7.38. The molecule has 1 aromatic heterocycles. The highest BCUT2D eigenvalue weighted by Gasteiger charge is 2.44. The number of hydrogen-bond donors (Lipinski definition) is 0. The summed E-state index contributed by atoms with van der Waals surface area (Å²) in [6.45, 7) is 3.25. The number of halogens is 3. The third-order valence-corrected chi connectivity index (χ3v) is 3.68. The zero-order valence-electron chi connectivity index (χ0n) is 12.9. The summed E-state index contributed by atoms with van der Waals surface area (Å²) in [7, 11) is 0. The molecule has 0 bridgehead atoms. The number of aromatic nitrogens is 1. The van der Waals surface area contributed by atoms with Crippen molar-refractivity contribution in [1.29, 1.82) is 0 Å². The molecule has 8 heteroatoms. The van der Waals surface area contributed by atoms with E-state index in [0.29, 0.717) is 31.9 Å². The van der Waals surface area contributed by atoms with Crippen molar-refractivity contribution in [2.24, 2.45) is 0 Å². The van der Waals surface area contributed by atoms with Gasteiger partial charge in [-0.3, -0.25) is 4.79 Å². The van der Waals surface area contributed by atoms with E-state index in [1.807, 2.05) is 6.92 Å². The minimum absolute atomic E-state index is 0.0101. The van der Waals surface area contributed by atoms with Gasteiger partial charge in [-0.1, -0.05) is 17.7 Å². The van der Waals surface area contributed by atoms with Crippen molar-refractivity contribution >= 4 is 11.7 Å². The Morgan fingerprint density at radius 2 is 1.79 bits per heavy atom. The number of anilines is 1. The number of morpholine rings is 1. The molecule has 1 aliphatic heterocycles. The van der Waals surface area contributed by atoms with E-state index >= 15 is 0 Å². The van der Waals surface area contributed by atoms with Crippen LogP contribution in [0.2, 0.25) is 0 Å². The molecule has 0 N–H and O–H groups in total. The number of benzene rings is 1. The SMILES string of the molecule is Cc1ccc(-c2nc(C(=O)C(F)(F)F)c(N3CCOCC3)o2)cc1. The maximum Gasteiger partial charge on any atom is 0.456 e. The first-order valence-corrected chi connectivity index (χ1v) is 7.38. The highest BCUT2D eigenvalue weighted by atomic mass is 19.4. The minimum Gasteiger partial charge on any atom is -0.420 e. The Balaban J connectivity index is 2.04. The van der Waals surface area contributed by atoms with Crippen molar-refractivity contribution in [1.82, 2.24) is 4.98 Å². The average molecular weight is 340 g/mol. The number of rotatable bonds is 3. The van der Waals surface area contributed by atoms with E-state index in [-0.39, 0.29) is 11.8 Å². The lowest BCUT2D eigenvalue weighted by atomic mass is 10.1. The summed E-state index contributed by atoms with van der Waals surface area (Å²) in [5.41, 5.74) is 0.793. The molecule has 0 saturated carbocycles. The van der Waals surface area contributed by atoms with Crippen LogP contribution in [0.5, 0.6) is 0 Å². The molecule has 128 valence electrons. The number of nitrogens with zero attached hydrogens (tertiary/aromatic N) is 2. The molecular formula is C16H15F3N2O3. The van der Waals surface area contributed by atoms with Gasteiger partial charge in [0, 0.05) is 18.7 Å². The largest absolute Gasteiger partial charge is 0.456 e. The predicted molar refractivity (Wildman–Crippen MR) is 80.1 cm³/mol. The van der Waals surface area contributed by atoms with Gasteiger partial charge in [0.25, 0.3) is 5.78 Å². The smallest absolute Gasteiger partial charge is 0.420 e. The second kappa shape index (κ2) is 6.27. The number of aryl methyl sites for hydroxylation is 1. The molecule has 1 aliphatic rings. The lowest BCUT2D eigenvalue weighted by Gasteiger charge is -2.26. The fraction of sp³-hybridized carbons (Fsp3) is 0.375. The van der Waals surface area contributed by atoms with Crippen molar-refractivity contribution < 1.29 is 27.1 Å². The number of carbonyl (C=O) groups is 1. The monoisotopic (exact) mass is 340 g/mol. The van der Waals surface area contributed by atoms with E-state index in [1.165, 1.54) is 0 Å². The Hall–Kier alpha value is -2.35. The van der Waals surface area contributed by atoms with Gasteiger partial charge >= 0.3 is 6.18 Å². The molecule has 0 spiro atoms. The van der Waals surface area contributed by atoms with Gasteiger partial charge < -0.3 is 14.1 Å². The second-order valence-electron chi connectivity index (χ2n) is 5.47. The van der Waals surface area contributed by atoms with Crippen LogP contribution < -0.4 is 4.90 Å². The summed E-state index contributed by atoms with van der Waals surface area (Å²) in [6, 6.07) is 6.95. The van der Waals surface area contributed by atoms with Gasteiger partial charge in [-0.15, -0.1) is 0 Å². The van der Waals surface area contributed by atoms with Crippen LogP contribution >= 0.6 is 0 Å². The van der Waals surface area contributed by atoms with Gasteiger partial charge in [-0.2, -0.15) is 13.2 Å². The molecular weight excluding hydrogens is 325 g/mol. The van der Waals surface area contributed by atoms with E-state index in [0.717, 1.165) is 5.56 Å². The zero-order valence-corrected chi connectivity index (χ0v) is 12.9. The molecule has 1 fully saturated rings. The molecule has 1 aromatic carbocycles. The number of Topliss-reactive ketones (excluding diaryl/α,β-unsaturated/α-hetero) is 1. The molecule has 5 nitrogen and oxygen atoms in total. The van der Waals surface area contributed by atoms with Gasteiger partial charge in [0.2, 0.25) is 11.8 Å². The van der Waals surface area contributed by atoms with Crippen molar-refractivity contribution in [3.05, 3.63) is 35.5 Å². The van der Waals surface area contributed by atoms with Gasteiger partial charge in [-0.25, -0.2) is 4.98 Å². The van der Waals surface area contributed by atoms with Crippen LogP contribution in [0.15, 0.2) is 28.7 Å². The van der Waals surface area contributed by atoms with Crippen LogP contribution in [-0.4, -0.2) is 43.2 Å². The maximum atomic E-state index is 12.9. The van der Waals surface area contributed by atoms with Crippen molar-refractivity contribution in [2.45, 2.75) is 13.1 Å². The van der Waals surface area contributed by atoms with E-state index in [4.69, 9.17) is 9.15 Å². The predicted octanol–water partition coefficient (Wildman–Crippen LogP) is 3.23. The molecule has 2 aromatic rings. The number of carbonyl (C=O) groups excluding carboxylic acids is 1. The first-order chi connectivity index (χ1) is 11.4. The topological polar surface area (TPSA) is 55.6 Å². The molecule has 0 atom stereocenters. The van der Waals surface area contributed by atoms with Gasteiger partial charge in [0.1, 0.15) is 0 Å². The van der Waals surface area contributed by atoms with Gasteiger partial charge in [0.15, 0.2) is 5.69 Å². The van der Waals surface area contributed by atoms with E-state index < -0.39 is 17.7 Å². The van der Waals surface area contributed by atoms with Crippen molar-refractivity contribution in [3.8, 4) is 11.5 Å². The second-order valence-corrected chi connectivity index (χ2v) is 5.47. The maximum absolute atomic E-state index is 12.9. The summed E-state index contributed by atoms with van der Waals surface area (Å²) < 4.78 is 49.3. The number of ether oxygens (including phenoxy) is 1. The fourth-order valence-corrected chi connectivity index (χ4v) is 2.39. The van der Waals surface area contributed by atoms with Crippen LogP contribution in [0.1, 0.15) is 16.1 Å². The molecule has 1 saturated heterocycles. The Morgan fingerprint density at radius 3 is 2.38 bits per heavy atom. The lowest BCUT2D eigenvalue weighted by Crippen LogP contribution is -2.37. The molecule has 2 heterocycles. The lowest BCUT2D eigenvalue weighted by molar-refractivity contribution is -0.0888. The van der Waals surface area contributed by atoms with E-state index in [9.17, 15) is 18.0 Å². The Kier molecular flexibility index (Phi) is 4.31. The quantitative estimate of drug-likeness (QED) is 0.803. The normalized spacial score (nSPS) is 15.6. The molecule has 0 amide bonds. The van der Waals surface area contributed by atoms with Gasteiger partial charge in [0.05, 0.1) is 13.2 Å². The standard InChI is InChI=1S/C16H15F3N2O3/c1-10-2-4-11(5-3-10)14-20-12(13(22)16(17,18)19)15(24-14)21-6-8-23-9-7-21/h2-5H,6-9H2,1H3. The Labute approximate surface area is 136 Å². The minimum atomic E-state index is -5.01. The molecule has 0 radical (unpaired) electrons. The molecule has 3 rings (SSSR count). The van der Waals surface area contributed by atoms with Crippen LogP contribution in [0.25, 0.3) is 11.5 Å². The molecule has 24 heavy (non-hydrogen) atoms. The highest BCUT2D eigenvalue weighted by Crippen LogP contribution is 2.33. The van der Waals surface area contributed by atoms with E-state index in [1.54, 1.807) is 29.2 Å². The highest BCUT2D eigenvalue weighted by molar-refractivity contribution is 6.02. The summed E-state index contributed by atoms with van der Waals surface area (Å²) in [5.74, 6) is -2.17. The zero-order chi connectivity index (χ0) is 17.3. The van der Waals surface area contributed by atoms with Gasteiger partial charge in [-0.05, 0) is 19.1 Å².